The molecule has 0 atom stereocenters. The molecule has 0 heterocycles. The number of hydrogen-bond donors (Lipinski definition) is 1. The van der Waals surface area contributed by atoms with E-state index in [9.17, 15) is 4.79 Å². The number of carbonyl (C=O) groups is 1. The van der Waals surface area contributed by atoms with Crippen molar-refractivity contribution in [2.24, 2.45) is 5.73 Å². The van der Waals surface area contributed by atoms with Gasteiger partial charge in [-0.1, -0.05) is 24.6 Å². The predicted molar refractivity (Wildman–Crippen MR) is 44.9 cm³/mol. The number of rotatable bonds is 2. The van der Waals surface area contributed by atoms with Gasteiger partial charge in [0.2, 0.25) is 5.91 Å². The summed E-state index contributed by atoms with van der Waals surface area (Å²) in [6, 6.07) is 0. The summed E-state index contributed by atoms with van der Waals surface area (Å²) in [4.78, 5) is 10.7. The number of amides is 1. The molecular formula is C9H13NO. The highest BCUT2D eigenvalue weighted by molar-refractivity contribution is 5.92. The van der Waals surface area contributed by atoms with Crippen molar-refractivity contribution >= 4 is 5.91 Å². The van der Waals surface area contributed by atoms with E-state index in [1.807, 2.05) is 6.08 Å². The lowest BCUT2D eigenvalue weighted by Gasteiger charge is -2.09. The maximum absolute atomic E-state index is 10.7. The lowest BCUT2D eigenvalue weighted by Crippen LogP contribution is -2.14. The summed E-state index contributed by atoms with van der Waals surface area (Å²) in [5.74, 6) is -0.281. The van der Waals surface area contributed by atoms with Crippen LogP contribution in [0, 0.1) is 0 Å². The Hall–Kier alpha value is -1.05. The van der Waals surface area contributed by atoms with Crippen LogP contribution in [0.5, 0.6) is 0 Å². The molecule has 0 radical (unpaired) electrons. The van der Waals surface area contributed by atoms with Crippen molar-refractivity contribution < 1.29 is 4.79 Å². The molecule has 0 saturated heterocycles. The van der Waals surface area contributed by atoms with Gasteiger partial charge in [0, 0.05) is 5.57 Å². The molecule has 1 amide bonds. The van der Waals surface area contributed by atoms with Gasteiger partial charge < -0.3 is 5.73 Å². The van der Waals surface area contributed by atoms with Crippen LogP contribution in [0.1, 0.15) is 26.2 Å². The minimum absolute atomic E-state index is 0.281. The van der Waals surface area contributed by atoms with E-state index in [1.165, 1.54) is 5.57 Å². The molecule has 1 aliphatic rings. The Morgan fingerprint density at radius 1 is 1.55 bits per heavy atom. The summed E-state index contributed by atoms with van der Waals surface area (Å²) in [7, 11) is 0. The van der Waals surface area contributed by atoms with Crippen LogP contribution < -0.4 is 5.73 Å². The van der Waals surface area contributed by atoms with E-state index < -0.39 is 0 Å². The van der Waals surface area contributed by atoms with Crippen molar-refractivity contribution in [3.63, 3.8) is 0 Å². The van der Waals surface area contributed by atoms with Crippen LogP contribution in [0.4, 0.5) is 0 Å². The average molecular weight is 151 g/mol. The summed E-state index contributed by atoms with van der Waals surface area (Å²) in [6.45, 7) is 2.12. The highest BCUT2D eigenvalue weighted by atomic mass is 16.1. The lowest BCUT2D eigenvalue weighted by molar-refractivity contribution is -0.114. The normalized spacial score (nSPS) is 17.2. The summed E-state index contributed by atoms with van der Waals surface area (Å²) in [6.07, 6.45) is 6.72. The van der Waals surface area contributed by atoms with E-state index >= 15 is 0 Å². The van der Waals surface area contributed by atoms with Gasteiger partial charge in [0.05, 0.1) is 0 Å². The Balaban J connectivity index is 2.57. The van der Waals surface area contributed by atoms with Crippen LogP contribution in [-0.4, -0.2) is 5.91 Å². The van der Waals surface area contributed by atoms with Gasteiger partial charge in [-0.25, -0.2) is 0 Å². The number of hydrogen-bond acceptors (Lipinski definition) is 1. The van der Waals surface area contributed by atoms with Crippen LogP contribution >= 0.6 is 0 Å². The van der Waals surface area contributed by atoms with E-state index in [0.29, 0.717) is 0 Å². The van der Waals surface area contributed by atoms with Crippen LogP contribution in [0.25, 0.3) is 0 Å². The smallest absolute Gasteiger partial charge is 0.244 e. The number of nitrogens with two attached hydrogens (primary N) is 1. The highest BCUT2D eigenvalue weighted by Crippen LogP contribution is 2.18. The van der Waals surface area contributed by atoms with E-state index in [1.54, 1.807) is 0 Å². The largest absolute Gasteiger partial charge is 0.366 e. The van der Waals surface area contributed by atoms with Gasteiger partial charge in [-0.3, -0.25) is 4.79 Å². The molecule has 0 aromatic heterocycles. The Labute approximate surface area is 66.8 Å². The van der Waals surface area contributed by atoms with Gasteiger partial charge in [-0.05, 0) is 19.3 Å². The Morgan fingerprint density at radius 2 is 2.27 bits per heavy atom. The fourth-order valence-corrected chi connectivity index (χ4v) is 1.17. The second-order valence-electron chi connectivity index (χ2n) is 2.72. The van der Waals surface area contributed by atoms with Crippen molar-refractivity contribution in [1.29, 1.82) is 0 Å². The molecule has 0 aromatic rings. The lowest BCUT2D eigenvalue weighted by atomic mass is 9.98. The fourth-order valence-electron chi connectivity index (χ4n) is 1.17. The van der Waals surface area contributed by atoms with Gasteiger partial charge in [0.25, 0.3) is 0 Å². The summed E-state index contributed by atoms with van der Waals surface area (Å²) < 4.78 is 0. The number of carbonyl (C=O) groups excluding carboxylic acids is 1. The Morgan fingerprint density at radius 3 is 2.64 bits per heavy atom. The van der Waals surface area contributed by atoms with Crippen LogP contribution in [-0.2, 0) is 4.79 Å². The third-order valence-corrected chi connectivity index (χ3v) is 1.99. The van der Waals surface area contributed by atoms with Crippen molar-refractivity contribution in [3.8, 4) is 0 Å². The monoisotopic (exact) mass is 151 g/mol. The molecule has 1 aliphatic carbocycles. The Kier molecular flexibility index (Phi) is 2.47. The Bertz CT molecular complexity index is 226. The van der Waals surface area contributed by atoms with E-state index in [0.717, 1.165) is 24.8 Å². The standard InChI is InChI=1S/C9H13NO/c1-2-7-3-5-8(6-4-7)9(10)11/h3,6H,2,4-5H2,1H3,(H2,10,11). The second kappa shape index (κ2) is 3.37. The highest BCUT2D eigenvalue weighted by Gasteiger charge is 2.07. The van der Waals surface area contributed by atoms with E-state index in [4.69, 9.17) is 5.73 Å². The molecule has 0 unspecified atom stereocenters. The second-order valence-corrected chi connectivity index (χ2v) is 2.72. The first-order chi connectivity index (χ1) is 5.24. The minimum atomic E-state index is -0.281. The SMILES string of the molecule is CCC1=CCC(C(N)=O)=CC1. The fraction of sp³-hybridized carbons (Fsp3) is 0.444. The van der Waals surface area contributed by atoms with Crippen molar-refractivity contribution in [2.75, 3.05) is 0 Å². The molecule has 0 spiro atoms. The first-order valence-electron chi connectivity index (χ1n) is 3.90. The molecule has 2 nitrogen and oxygen atoms in total. The summed E-state index contributed by atoms with van der Waals surface area (Å²) >= 11 is 0. The first-order valence-corrected chi connectivity index (χ1v) is 3.90. The van der Waals surface area contributed by atoms with E-state index in [2.05, 4.69) is 13.0 Å². The average Bonchev–Trinajstić information content (AvgIpc) is 2.05. The molecule has 60 valence electrons. The molecule has 11 heavy (non-hydrogen) atoms. The van der Waals surface area contributed by atoms with Gasteiger partial charge in [0.1, 0.15) is 0 Å². The third kappa shape index (κ3) is 1.93. The van der Waals surface area contributed by atoms with E-state index in [-0.39, 0.29) is 5.91 Å². The van der Waals surface area contributed by atoms with Crippen molar-refractivity contribution in [1.82, 2.24) is 0 Å². The topological polar surface area (TPSA) is 43.1 Å². The maximum Gasteiger partial charge on any atom is 0.244 e. The number of allylic oxidation sites excluding steroid dienone is 3. The predicted octanol–water partition coefficient (Wildman–Crippen LogP) is 1.53. The zero-order chi connectivity index (χ0) is 8.27. The van der Waals surface area contributed by atoms with Crippen molar-refractivity contribution in [2.45, 2.75) is 26.2 Å². The van der Waals surface area contributed by atoms with Crippen molar-refractivity contribution in [3.05, 3.63) is 23.3 Å². The summed E-state index contributed by atoms with van der Waals surface area (Å²) in [5.41, 5.74) is 7.27. The molecule has 0 saturated carbocycles. The van der Waals surface area contributed by atoms with Crippen LogP contribution in [0.2, 0.25) is 0 Å². The summed E-state index contributed by atoms with van der Waals surface area (Å²) in [5, 5.41) is 0. The zero-order valence-corrected chi connectivity index (χ0v) is 6.76. The third-order valence-electron chi connectivity index (χ3n) is 1.99. The first kappa shape index (κ1) is 8.05. The molecule has 1 rings (SSSR count). The molecular weight excluding hydrogens is 138 g/mol. The molecule has 0 aromatic carbocycles. The van der Waals surface area contributed by atoms with Gasteiger partial charge in [-0.15, -0.1) is 0 Å². The molecule has 0 bridgehead atoms. The number of primary amides is 1. The van der Waals surface area contributed by atoms with Gasteiger partial charge >= 0.3 is 0 Å². The minimum Gasteiger partial charge on any atom is -0.366 e. The zero-order valence-electron chi connectivity index (χ0n) is 6.76. The quantitative estimate of drug-likeness (QED) is 0.597. The van der Waals surface area contributed by atoms with Gasteiger partial charge in [-0.2, -0.15) is 0 Å². The molecule has 2 heteroatoms. The van der Waals surface area contributed by atoms with Gasteiger partial charge in [0.15, 0.2) is 0 Å². The molecule has 0 fully saturated rings. The molecule has 0 aliphatic heterocycles. The van der Waals surface area contributed by atoms with Crippen LogP contribution in [0.3, 0.4) is 0 Å². The molecule has 2 N–H and O–H groups in total. The maximum atomic E-state index is 10.7. The van der Waals surface area contributed by atoms with Crippen LogP contribution in [0.15, 0.2) is 23.3 Å².